The monoisotopic (exact) mass is 252 g/mol. The van der Waals surface area contributed by atoms with Crippen molar-refractivity contribution in [2.45, 2.75) is 51.0 Å². The summed E-state index contributed by atoms with van der Waals surface area (Å²) < 4.78 is 5.75. The Morgan fingerprint density at radius 2 is 2.06 bits per heavy atom. The quantitative estimate of drug-likeness (QED) is 0.737. The largest absolute Gasteiger partial charge is 0.378 e. The second kappa shape index (κ2) is 6.49. The third-order valence-electron chi connectivity index (χ3n) is 3.25. The molecule has 1 heterocycles. The summed E-state index contributed by atoms with van der Waals surface area (Å²) in [4.78, 5) is 13.9. The molecule has 0 radical (unpaired) electrons. The van der Waals surface area contributed by atoms with Gasteiger partial charge >= 0.3 is 0 Å². The van der Waals surface area contributed by atoms with Gasteiger partial charge in [-0.05, 0) is 32.1 Å². The van der Waals surface area contributed by atoms with E-state index in [1.165, 1.54) is 25.7 Å². The maximum absolute atomic E-state index is 11.4. The second-order valence-corrected chi connectivity index (χ2v) is 4.72. The average molecular weight is 252 g/mol. The van der Waals surface area contributed by atoms with Crippen molar-refractivity contribution in [1.82, 2.24) is 15.2 Å². The van der Waals surface area contributed by atoms with E-state index in [1.54, 1.807) is 0 Å². The molecule has 0 unspecified atom stereocenters. The molecule has 0 atom stereocenters. The molecule has 1 aromatic rings. The van der Waals surface area contributed by atoms with Crippen LogP contribution < -0.4 is 11.3 Å². The highest BCUT2D eigenvalue weighted by Gasteiger charge is 2.14. The number of unbranched alkanes of at least 4 members (excludes halogenated alkanes) is 1. The lowest BCUT2D eigenvalue weighted by Gasteiger charge is -2.10. The molecule has 1 saturated carbocycles. The van der Waals surface area contributed by atoms with Gasteiger partial charge in [-0.3, -0.25) is 9.78 Å². The van der Waals surface area contributed by atoms with Crippen molar-refractivity contribution in [1.29, 1.82) is 0 Å². The number of ether oxygens (including phenoxy) is 1. The molecule has 18 heavy (non-hydrogen) atoms. The molecule has 0 bridgehead atoms. The van der Waals surface area contributed by atoms with Crippen molar-refractivity contribution in [2.24, 2.45) is 0 Å². The highest BCUT2D eigenvalue weighted by Crippen LogP contribution is 2.21. The van der Waals surface area contributed by atoms with Gasteiger partial charge < -0.3 is 10.5 Å². The predicted molar refractivity (Wildman–Crippen MR) is 68.2 cm³/mol. The molecule has 2 rings (SSSR count). The first kappa shape index (κ1) is 13.0. The van der Waals surface area contributed by atoms with Crippen molar-refractivity contribution >= 4 is 5.95 Å². The molecule has 100 valence electrons. The van der Waals surface area contributed by atoms with E-state index < -0.39 is 0 Å². The molecule has 6 heteroatoms. The summed E-state index contributed by atoms with van der Waals surface area (Å²) in [6.07, 6.45) is 7.89. The van der Waals surface area contributed by atoms with Crippen molar-refractivity contribution in [3.05, 3.63) is 16.0 Å². The van der Waals surface area contributed by atoms with Crippen molar-refractivity contribution < 1.29 is 4.74 Å². The normalized spacial score (nSPS) is 16.2. The third-order valence-corrected chi connectivity index (χ3v) is 3.25. The Balaban J connectivity index is 1.64. The van der Waals surface area contributed by atoms with Crippen LogP contribution in [0.4, 0.5) is 5.95 Å². The lowest BCUT2D eigenvalue weighted by atomic mass is 10.2. The van der Waals surface area contributed by atoms with Gasteiger partial charge in [0.1, 0.15) is 5.69 Å². The first-order chi connectivity index (χ1) is 8.75. The van der Waals surface area contributed by atoms with Crippen molar-refractivity contribution in [3.8, 4) is 0 Å². The number of rotatable bonds is 6. The SMILES string of the molecule is Nc1nnc(CCCCOC2CCCC2)c(=O)[nH]1. The summed E-state index contributed by atoms with van der Waals surface area (Å²) in [6.45, 7) is 0.769. The van der Waals surface area contributed by atoms with E-state index in [1.807, 2.05) is 0 Å². The summed E-state index contributed by atoms with van der Waals surface area (Å²) in [5.74, 6) is 0.0633. The van der Waals surface area contributed by atoms with E-state index in [0.717, 1.165) is 19.4 Å². The van der Waals surface area contributed by atoms with Gasteiger partial charge in [0.25, 0.3) is 5.56 Å². The molecule has 6 nitrogen and oxygen atoms in total. The van der Waals surface area contributed by atoms with Gasteiger partial charge in [-0.15, -0.1) is 10.2 Å². The highest BCUT2D eigenvalue weighted by molar-refractivity contribution is 5.11. The summed E-state index contributed by atoms with van der Waals surface area (Å²) in [6, 6.07) is 0. The molecule has 0 amide bonds. The number of anilines is 1. The van der Waals surface area contributed by atoms with Gasteiger partial charge in [0.05, 0.1) is 6.10 Å². The molecule has 3 N–H and O–H groups in total. The van der Waals surface area contributed by atoms with E-state index in [9.17, 15) is 4.79 Å². The van der Waals surface area contributed by atoms with Crippen LogP contribution in [0.5, 0.6) is 0 Å². The van der Waals surface area contributed by atoms with Crippen LogP contribution in [0.25, 0.3) is 0 Å². The number of hydrogen-bond donors (Lipinski definition) is 2. The summed E-state index contributed by atoms with van der Waals surface area (Å²) in [7, 11) is 0. The fourth-order valence-corrected chi connectivity index (χ4v) is 2.24. The van der Waals surface area contributed by atoms with Crippen molar-refractivity contribution in [2.75, 3.05) is 12.3 Å². The van der Waals surface area contributed by atoms with Crippen LogP contribution >= 0.6 is 0 Å². The van der Waals surface area contributed by atoms with Gasteiger partial charge in [-0.25, -0.2) is 0 Å². The van der Waals surface area contributed by atoms with Gasteiger partial charge in [0.15, 0.2) is 0 Å². The lowest BCUT2D eigenvalue weighted by molar-refractivity contribution is 0.0559. The number of H-pyrrole nitrogens is 1. The zero-order valence-corrected chi connectivity index (χ0v) is 10.5. The molecular formula is C12H20N4O2. The Bertz CT molecular complexity index is 426. The minimum absolute atomic E-state index is 0.0633. The Hall–Kier alpha value is -1.43. The van der Waals surface area contributed by atoms with Crippen LogP contribution in [-0.2, 0) is 11.2 Å². The molecule has 0 aliphatic heterocycles. The fraction of sp³-hybridized carbons (Fsp3) is 0.750. The molecule has 0 spiro atoms. The zero-order valence-electron chi connectivity index (χ0n) is 10.5. The van der Waals surface area contributed by atoms with Crippen LogP contribution in [0.3, 0.4) is 0 Å². The minimum atomic E-state index is -0.237. The van der Waals surface area contributed by atoms with Crippen LogP contribution in [0.2, 0.25) is 0 Å². The maximum Gasteiger partial charge on any atom is 0.274 e. The summed E-state index contributed by atoms with van der Waals surface area (Å²) in [5, 5.41) is 7.44. The Kier molecular flexibility index (Phi) is 4.69. The van der Waals surface area contributed by atoms with E-state index in [4.69, 9.17) is 10.5 Å². The standard InChI is InChI=1S/C12H20N4O2/c13-12-14-11(17)10(15-16-12)7-3-4-8-18-9-5-1-2-6-9/h9H,1-8H2,(H3,13,14,16,17). The number of aryl methyl sites for hydroxylation is 1. The first-order valence-electron chi connectivity index (χ1n) is 6.58. The van der Waals surface area contributed by atoms with Gasteiger partial charge in [-0.2, -0.15) is 0 Å². The number of nitrogen functional groups attached to an aromatic ring is 1. The third kappa shape index (κ3) is 3.80. The number of aromatic amines is 1. The molecule has 1 aliphatic carbocycles. The van der Waals surface area contributed by atoms with E-state index in [-0.39, 0.29) is 11.5 Å². The number of nitrogens with one attached hydrogen (secondary N) is 1. The number of nitrogens with zero attached hydrogens (tertiary/aromatic N) is 2. The van der Waals surface area contributed by atoms with Crippen LogP contribution in [0.1, 0.15) is 44.2 Å². The Labute approximate surface area is 106 Å². The van der Waals surface area contributed by atoms with Crippen LogP contribution in [-0.4, -0.2) is 27.9 Å². The average Bonchev–Trinajstić information content (AvgIpc) is 2.84. The predicted octanol–water partition coefficient (Wildman–Crippen LogP) is 1.03. The van der Waals surface area contributed by atoms with Gasteiger partial charge in [0.2, 0.25) is 5.95 Å². The van der Waals surface area contributed by atoms with Gasteiger partial charge in [0, 0.05) is 6.61 Å². The van der Waals surface area contributed by atoms with Crippen LogP contribution in [0.15, 0.2) is 4.79 Å². The molecule has 1 aromatic heterocycles. The van der Waals surface area contributed by atoms with Gasteiger partial charge in [-0.1, -0.05) is 12.8 Å². The molecule has 1 aliphatic rings. The van der Waals surface area contributed by atoms with Crippen molar-refractivity contribution in [3.63, 3.8) is 0 Å². The van der Waals surface area contributed by atoms with E-state index >= 15 is 0 Å². The first-order valence-corrected chi connectivity index (χ1v) is 6.58. The topological polar surface area (TPSA) is 93.9 Å². The lowest BCUT2D eigenvalue weighted by Crippen LogP contribution is -2.18. The number of hydrogen-bond acceptors (Lipinski definition) is 5. The van der Waals surface area contributed by atoms with E-state index in [2.05, 4.69) is 15.2 Å². The highest BCUT2D eigenvalue weighted by atomic mass is 16.5. The molecule has 1 fully saturated rings. The Morgan fingerprint density at radius 1 is 1.28 bits per heavy atom. The number of nitrogens with two attached hydrogens (primary N) is 1. The molecule has 0 saturated heterocycles. The molecular weight excluding hydrogens is 232 g/mol. The zero-order chi connectivity index (χ0) is 12.8. The Morgan fingerprint density at radius 3 is 2.78 bits per heavy atom. The smallest absolute Gasteiger partial charge is 0.274 e. The number of aromatic nitrogens is 3. The summed E-state index contributed by atoms with van der Waals surface area (Å²) in [5.41, 5.74) is 5.54. The second-order valence-electron chi connectivity index (χ2n) is 4.72. The maximum atomic E-state index is 11.4. The molecule has 0 aromatic carbocycles. The minimum Gasteiger partial charge on any atom is -0.378 e. The fourth-order valence-electron chi connectivity index (χ4n) is 2.24. The summed E-state index contributed by atoms with van der Waals surface area (Å²) >= 11 is 0. The van der Waals surface area contributed by atoms with Crippen LogP contribution in [0, 0.1) is 0 Å². The van der Waals surface area contributed by atoms with E-state index in [0.29, 0.717) is 18.2 Å².